The lowest BCUT2D eigenvalue weighted by molar-refractivity contribution is -0.122. The third kappa shape index (κ3) is 4.94. The molecule has 1 rings (SSSR count). The van der Waals surface area contributed by atoms with E-state index in [4.69, 9.17) is 22.1 Å². The summed E-state index contributed by atoms with van der Waals surface area (Å²) < 4.78 is 5.55. The number of primary amides is 1. The molecule has 4 nitrogen and oxygen atoms in total. The molecule has 0 heterocycles. The monoisotopic (exact) mass is 270 g/mol. The molecular formula is C13H19ClN2O2. The van der Waals surface area contributed by atoms with Crippen molar-refractivity contribution in [3.63, 3.8) is 0 Å². The first-order valence-corrected chi connectivity index (χ1v) is 6.26. The lowest BCUT2D eigenvalue weighted by Crippen LogP contribution is -2.40. The lowest BCUT2D eigenvalue weighted by Gasteiger charge is -2.21. The summed E-state index contributed by atoms with van der Waals surface area (Å²) in [4.78, 5) is 12.9. The average Bonchev–Trinajstić information content (AvgIpc) is 2.33. The smallest absolute Gasteiger partial charge is 0.234 e. The van der Waals surface area contributed by atoms with Crippen molar-refractivity contribution in [2.45, 2.75) is 19.4 Å². The van der Waals surface area contributed by atoms with Crippen LogP contribution in [0.2, 0.25) is 5.02 Å². The topological polar surface area (TPSA) is 55.6 Å². The third-order valence-electron chi connectivity index (χ3n) is 2.79. The van der Waals surface area contributed by atoms with Gasteiger partial charge >= 0.3 is 0 Å². The van der Waals surface area contributed by atoms with Crippen LogP contribution in [0, 0.1) is 0 Å². The molecule has 0 aliphatic rings. The lowest BCUT2D eigenvalue weighted by atomic mass is 10.2. The molecule has 1 atom stereocenters. The fraction of sp³-hybridized carbons (Fsp3) is 0.462. The number of carbonyl (C=O) groups is 1. The summed E-state index contributed by atoms with van der Waals surface area (Å²) in [6.45, 7) is 3.13. The standard InChI is InChI=1S/C13H19ClN2O2/c1-10(13(15)17)16(2)7-4-8-18-12-6-3-5-11(14)9-12/h3,5-6,9-10H,4,7-8H2,1-2H3,(H2,15,17)/t10-/m1/s1. The van der Waals surface area contributed by atoms with Crippen molar-refractivity contribution in [1.29, 1.82) is 0 Å². The number of nitrogens with zero attached hydrogens (tertiary/aromatic N) is 1. The summed E-state index contributed by atoms with van der Waals surface area (Å²) >= 11 is 5.84. The van der Waals surface area contributed by atoms with Gasteiger partial charge in [-0.1, -0.05) is 17.7 Å². The maximum Gasteiger partial charge on any atom is 0.234 e. The SMILES string of the molecule is C[C@H](C(N)=O)N(C)CCCOc1cccc(Cl)c1. The van der Waals surface area contributed by atoms with E-state index < -0.39 is 0 Å². The van der Waals surface area contributed by atoms with E-state index in [0.29, 0.717) is 11.6 Å². The van der Waals surface area contributed by atoms with Crippen molar-refractivity contribution >= 4 is 17.5 Å². The Morgan fingerprint density at radius 1 is 1.56 bits per heavy atom. The molecule has 18 heavy (non-hydrogen) atoms. The van der Waals surface area contributed by atoms with Crippen LogP contribution in [0.15, 0.2) is 24.3 Å². The maximum atomic E-state index is 11.0. The number of hydrogen-bond donors (Lipinski definition) is 1. The van der Waals surface area contributed by atoms with Gasteiger partial charge in [0.05, 0.1) is 12.6 Å². The van der Waals surface area contributed by atoms with Gasteiger partial charge < -0.3 is 10.5 Å². The number of likely N-dealkylation sites (N-methyl/N-ethyl adjacent to an activating group) is 1. The molecule has 0 spiro atoms. The van der Waals surface area contributed by atoms with Crippen molar-refractivity contribution in [3.8, 4) is 5.75 Å². The first-order valence-electron chi connectivity index (χ1n) is 5.88. The van der Waals surface area contributed by atoms with Crippen molar-refractivity contribution in [3.05, 3.63) is 29.3 Å². The zero-order valence-electron chi connectivity index (χ0n) is 10.7. The predicted molar refractivity (Wildman–Crippen MR) is 72.9 cm³/mol. The van der Waals surface area contributed by atoms with E-state index in [1.807, 2.05) is 24.1 Å². The molecule has 0 unspecified atom stereocenters. The highest BCUT2D eigenvalue weighted by Gasteiger charge is 2.13. The molecule has 2 N–H and O–H groups in total. The zero-order chi connectivity index (χ0) is 13.5. The fourth-order valence-electron chi connectivity index (χ4n) is 1.47. The summed E-state index contributed by atoms with van der Waals surface area (Å²) in [5.74, 6) is 0.446. The summed E-state index contributed by atoms with van der Waals surface area (Å²) in [5.41, 5.74) is 5.22. The van der Waals surface area contributed by atoms with Gasteiger partial charge in [-0.3, -0.25) is 9.69 Å². The first-order chi connectivity index (χ1) is 8.50. The normalized spacial score (nSPS) is 12.4. The van der Waals surface area contributed by atoms with E-state index in [-0.39, 0.29) is 11.9 Å². The van der Waals surface area contributed by atoms with Crippen LogP contribution < -0.4 is 10.5 Å². The highest BCUT2D eigenvalue weighted by atomic mass is 35.5. The number of amides is 1. The minimum atomic E-state index is -0.312. The molecule has 1 aromatic carbocycles. The van der Waals surface area contributed by atoms with Gasteiger partial charge in [0.1, 0.15) is 5.75 Å². The molecule has 1 aromatic rings. The second kappa shape index (κ2) is 7.24. The molecule has 0 radical (unpaired) electrons. The highest BCUT2D eigenvalue weighted by molar-refractivity contribution is 6.30. The molecule has 0 bridgehead atoms. The first kappa shape index (κ1) is 14.8. The second-order valence-electron chi connectivity index (χ2n) is 4.22. The molecular weight excluding hydrogens is 252 g/mol. The zero-order valence-corrected chi connectivity index (χ0v) is 11.5. The van der Waals surface area contributed by atoms with Crippen LogP contribution >= 0.6 is 11.6 Å². The summed E-state index contributed by atoms with van der Waals surface area (Å²) in [6.07, 6.45) is 0.820. The highest BCUT2D eigenvalue weighted by Crippen LogP contribution is 2.17. The van der Waals surface area contributed by atoms with Crippen LogP contribution in [0.4, 0.5) is 0 Å². The van der Waals surface area contributed by atoms with Gasteiger partial charge in [-0.05, 0) is 38.6 Å². The van der Waals surface area contributed by atoms with Gasteiger partial charge in [0.15, 0.2) is 0 Å². The Labute approximate surface area is 113 Å². The molecule has 0 saturated carbocycles. The van der Waals surface area contributed by atoms with Crippen molar-refractivity contribution < 1.29 is 9.53 Å². The fourth-order valence-corrected chi connectivity index (χ4v) is 1.65. The van der Waals surface area contributed by atoms with Crippen LogP contribution in [-0.2, 0) is 4.79 Å². The van der Waals surface area contributed by atoms with Crippen molar-refractivity contribution in [1.82, 2.24) is 4.90 Å². The van der Waals surface area contributed by atoms with Crippen LogP contribution in [0.5, 0.6) is 5.75 Å². The second-order valence-corrected chi connectivity index (χ2v) is 4.65. The van der Waals surface area contributed by atoms with E-state index in [1.54, 1.807) is 19.1 Å². The molecule has 0 fully saturated rings. The van der Waals surface area contributed by atoms with Crippen LogP contribution in [0.1, 0.15) is 13.3 Å². The van der Waals surface area contributed by atoms with Crippen LogP contribution in [0.25, 0.3) is 0 Å². The van der Waals surface area contributed by atoms with Gasteiger partial charge in [0.25, 0.3) is 0 Å². The minimum Gasteiger partial charge on any atom is -0.493 e. The molecule has 100 valence electrons. The molecule has 0 aliphatic carbocycles. The van der Waals surface area contributed by atoms with E-state index >= 15 is 0 Å². The third-order valence-corrected chi connectivity index (χ3v) is 3.03. The minimum absolute atomic E-state index is 0.254. The Hall–Kier alpha value is -1.26. The predicted octanol–water partition coefficient (Wildman–Crippen LogP) is 1.91. The Kier molecular flexibility index (Phi) is 5.95. The maximum absolute atomic E-state index is 11.0. The number of ether oxygens (including phenoxy) is 1. The van der Waals surface area contributed by atoms with E-state index in [9.17, 15) is 4.79 Å². The summed E-state index contributed by atoms with van der Waals surface area (Å²) in [6, 6.07) is 7.03. The van der Waals surface area contributed by atoms with E-state index in [0.717, 1.165) is 18.7 Å². The Morgan fingerprint density at radius 2 is 2.28 bits per heavy atom. The van der Waals surface area contributed by atoms with Gasteiger partial charge in [-0.2, -0.15) is 0 Å². The van der Waals surface area contributed by atoms with Gasteiger partial charge in [-0.15, -0.1) is 0 Å². The molecule has 5 heteroatoms. The summed E-state index contributed by atoms with van der Waals surface area (Å²) in [5, 5.41) is 0.659. The molecule has 0 aromatic heterocycles. The van der Waals surface area contributed by atoms with Crippen molar-refractivity contribution in [2.75, 3.05) is 20.2 Å². The number of hydrogen-bond acceptors (Lipinski definition) is 3. The molecule has 1 amide bonds. The Morgan fingerprint density at radius 3 is 2.89 bits per heavy atom. The Bertz CT molecular complexity index is 398. The van der Waals surface area contributed by atoms with Crippen molar-refractivity contribution in [2.24, 2.45) is 5.73 Å². The van der Waals surface area contributed by atoms with Crippen LogP contribution in [-0.4, -0.2) is 37.0 Å². The van der Waals surface area contributed by atoms with E-state index in [2.05, 4.69) is 0 Å². The molecule has 0 aliphatic heterocycles. The number of carbonyl (C=O) groups excluding carboxylic acids is 1. The van der Waals surface area contributed by atoms with Gasteiger partial charge in [0.2, 0.25) is 5.91 Å². The van der Waals surface area contributed by atoms with Gasteiger partial charge in [0, 0.05) is 11.6 Å². The van der Waals surface area contributed by atoms with E-state index in [1.165, 1.54) is 0 Å². The average molecular weight is 271 g/mol. The number of benzene rings is 1. The molecule has 0 saturated heterocycles. The number of nitrogens with two attached hydrogens (primary N) is 1. The number of halogens is 1. The number of rotatable bonds is 7. The van der Waals surface area contributed by atoms with Crippen LogP contribution in [0.3, 0.4) is 0 Å². The quantitative estimate of drug-likeness (QED) is 0.770. The summed E-state index contributed by atoms with van der Waals surface area (Å²) in [7, 11) is 1.87. The van der Waals surface area contributed by atoms with Gasteiger partial charge in [-0.25, -0.2) is 0 Å². The Balaban J connectivity index is 2.25. The largest absolute Gasteiger partial charge is 0.493 e.